The summed E-state index contributed by atoms with van der Waals surface area (Å²) in [7, 11) is 0. The van der Waals surface area contributed by atoms with E-state index in [0.29, 0.717) is 18.2 Å². The summed E-state index contributed by atoms with van der Waals surface area (Å²) in [6, 6.07) is 11.3. The second-order valence-corrected chi connectivity index (χ2v) is 5.81. The van der Waals surface area contributed by atoms with E-state index in [0.717, 1.165) is 24.9 Å². The molecule has 1 aromatic carbocycles. The van der Waals surface area contributed by atoms with Crippen LogP contribution in [0, 0.1) is 5.92 Å². The van der Waals surface area contributed by atoms with Crippen molar-refractivity contribution in [1.29, 1.82) is 0 Å². The summed E-state index contributed by atoms with van der Waals surface area (Å²) in [5.74, 6) is 0.143. The molecular formula is C17H20N4O2. The number of carbonyl (C=O) groups excluding carboxylic acids is 1. The average Bonchev–Trinajstić information content (AvgIpc) is 2.62. The SMILES string of the molecule is NC(=O)c1cc(-c2ccccc2)nc(N2CCCC(CO)C2)n1. The molecule has 1 aliphatic rings. The lowest BCUT2D eigenvalue weighted by atomic mass is 9.99. The van der Waals surface area contributed by atoms with Crippen molar-refractivity contribution in [1.82, 2.24) is 9.97 Å². The molecule has 6 nitrogen and oxygen atoms in total. The summed E-state index contributed by atoms with van der Waals surface area (Å²) >= 11 is 0. The molecular weight excluding hydrogens is 292 g/mol. The van der Waals surface area contributed by atoms with Gasteiger partial charge in [-0.05, 0) is 24.8 Å². The van der Waals surface area contributed by atoms with Gasteiger partial charge in [0.05, 0.1) is 5.69 Å². The Kier molecular flexibility index (Phi) is 4.52. The predicted octanol–water partition coefficient (Wildman–Crippen LogP) is 1.45. The number of aliphatic hydroxyl groups excluding tert-OH is 1. The highest BCUT2D eigenvalue weighted by Crippen LogP contribution is 2.24. The topological polar surface area (TPSA) is 92.3 Å². The fourth-order valence-corrected chi connectivity index (χ4v) is 2.85. The highest BCUT2D eigenvalue weighted by Gasteiger charge is 2.22. The van der Waals surface area contributed by atoms with Gasteiger partial charge in [-0.2, -0.15) is 0 Å². The molecule has 2 heterocycles. The van der Waals surface area contributed by atoms with E-state index in [4.69, 9.17) is 5.73 Å². The number of benzene rings is 1. The Morgan fingerprint density at radius 2 is 2.09 bits per heavy atom. The molecule has 0 aliphatic carbocycles. The summed E-state index contributed by atoms with van der Waals surface area (Å²) < 4.78 is 0. The molecule has 0 spiro atoms. The normalized spacial score (nSPS) is 18.0. The zero-order valence-electron chi connectivity index (χ0n) is 12.9. The molecule has 1 atom stereocenters. The molecule has 6 heteroatoms. The first-order chi connectivity index (χ1) is 11.2. The number of nitrogens with zero attached hydrogens (tertiary/aromatic N) is 3. The molecule has 1 aliphatic heterocycles. The highest BCUT2D eigenvalue weighted by molar-refractivity contribution is 5.92. The largest absolute Gasteiger partial charge is 0.396 e. The summed E-state index contributed by atoms with van der Waals surface area (Å²) in [4.78, 5) is 22.5. The second kappa shape index (κ2) is 6.75. The van der Waals surface area contributed by atoms with Crippen molar-refractivity contribution < 1.29 is 9.90 Å². The fraction of sp³-hybridized carbons (Fsp3) is 0.353. The third-order valence-corrected chi connectivity index (χ3v) is 4.10. The summed E-state index contributed by atoms with van der Waals surface area (Å²) in [5, 5.41) is 9.39. The van der Waals surface area contributed by atoms with Crippen LogP contribution in [0.5, 0.6) is 0 Å². The maximum absolute atomic E-state index is 11.6. The van der Waals surface area contributed by atoms with Crippen LogP contribution in [0.15, 0.2) is 36.4 Å². The van der Waals surface area contributed by atoms with E-state index in [2.05, 4.69) is 9.97 Å². The summed E-state index contributed by atoms with van der Waals surface area (Å²) in [5.41, 5.74) is 7.22. The zero-order chi connectivity index (χ0) is 16.2. The fourth-order valence-electron chi connectivity index (χ4n) is 2.85. The van der Waals surface area contributed by atoms with Gasteiger partial charge in [0, 0.05) is 25.3 Å². The van der Waals surface area contributed by atoms with Gasteiger partial charge < -0.3 is 15.7 Å². The number of amides is 1. The van der Waals surface area contributed by atoms with Gasteiger partial charge in [-0.3, -0.25) is 4.79 Å². The number of primary amides is 1. The lowest BCUT2D eigenvalue weighted by Crippen LogP contribution is -2.38. The first kappa shape index (κ1) is 15.4. The van der Waals surface area contributed by atoms with Crippen molar-refractivity contribution in [3.63, 3.8) is 0 Å². The number of carbonyl (C=O) groups is 1. The molecule has 0 bridgehead atoms. The van der Waals surface area contributed by atoms with Crippen molar-refractivity contribution >= 4 is 11.9 Å². The van der Waals surface area contributed by atoms with Crippen molar-refractivity contribution in [3.8, 4) is 11.3 Å². The quantitative estimate of drug-likeness (QED) is 0.891. The van der Waals surface area contributed by atoms with Gasteiger partial charge in [0.2, 0.25) is 5.95 Å². The molecule has 3 N–H and O–H groups in total. The molecule has 120 valence electrons. The van der Waals surface area contributed by atoms with Crippen LogP contribution in [-0.4, -0.2) is 40.7 Å². The van der Waals surface area contributed by atoms with E-state index in [1.54, 1.807) is 6.07 Å². The molecule has 1 amide bonds. The van der Waals surface area contributed by atoms with Crippen molar-refractivity contribution in [2.75, 3.05) is 24.6 Å². The highest BCUT2D eigenvalue weighted by atomic mass is 16.3. The number of piperidine rings is 1. The maximum Gasteiger partial charge on any atom is 0.267 e. The van der Waals surface area contributed by atoms with E-state index < -0.39 is 5.91 Å². The van der Waals surface area contributed by atoms with E-state index in [1.165, 1.54) is 0 Å². The van der Waals surface area contributed by atoms with Crippen LogP contribution in [0.1, 0.15) is 23.3 Å². The molecule has 0 saturated carbocycles. The minimum absolute atomic E-state index is 0.150. The Bertz CT molecular complexity index is 690. The van der Waals surface area contributed by atoms with E-state index in [-0.39, 0.29) is 18.2 Å². The van der Waals surface area contributed by atoms with Crippen molar-refractivity contribution in [2.45, 2.75) is 12.8 Å². The number of anilines is 1. The molecule has 1 fully saturated rings. The van der Waals surface area contributed by atoms with Gasteiger partial charge >= 0.3 is 0 Å². The van der Waals surface area contributed by atoms with Gasteiger partial charge in [-0.15, -0.1) is 0 Å². The van der Waals surface area contributed by atoms with Gasteiger partial charge in [-0.25, -0.2) is 9.97 Å². The Hall–Kier alpha value is -2.47. The number of hydrogen-bond donors (Lipinski definition) is 2. The molecule has 23 heavy (non-hydrogen) atoms. The van der Waals surface area contributed by atoms with E-state index in [1.807, 2.05) is 35.2 Å². The Balaban J connectivity index is 1.99. The molecule has 1 aromatic heterocycles. The summed E-state index contributed by atoms with van der Waals surface area (Å²) in [6.45, 7) is 1.65. The molecule has 1 saturated heterocycles. The van der Waals surface area contributed by atoms with Crippen molar-refractivity contribution in [3.05, 3.63) is 42.1 Å². The van der Waals surface area contributed by atoms with Gasteiger partial charge in [0.25, 0.3) is 5.91 Å². The lowest BCUT2D eigenvalue weighted by Gasteiger charge is -2.32. The maximum atomic E-state index is 11.6. The molecule has 0 radical (unpaired) electrons. The van der Waals surface area contributed by atoms with Crippen LogP contribution < -0.4 is 10.6 Å². The number of hydrogen-bond acceptors (Lipinski definition) is 5. The van der Waals surface area contributed by atoms with Gasteiger partial charge in [0.1, 0.15) is 5.69 Å². The molecule has 1 unspecified atom stereocenters. The first-order valence-electron chi connectivity index (χ1n) is 7.77. The third-order valence-electron chi connectivity index (χ3n) is 4.10. The zero-order valence-corrected chi connectivity index (χ0v) is 12.9. The minimum atomic E-state index is -0.568. The third kappa shape index (κ3) is 3.48. The van der Waals surface area contributed by atoms with Crippen LogP contribution >= 0.6 is 0 Å². The number of aliphatic hydroxyl groups is 1. The number of rotatable bonds is 4. The van der Waals surface area contributed by atoms with Crippen LogP contribution in [0.3, 0.4) is 0 Å². The number of nitrogens with two attached hydrogens (primary N) is 1. The van der Waals surface area contributed by atoms with Crippen molar-refractivity contribution in [2.24, 2.45) is 11.7 Å². The van der Waals surface area contributed by atoms with Crippen LogP contribution in [0.25, 0.3) is 11.3 Å². The van der Waals surface area contributed by atoms with Gasteiger partial charge in [0.15, 0.2) is 0 Å². The standard InChI is InChI=1S/C17H20N4O2/c18-16(23)15-9-14(13-6-2-1-3-7-13)19-17(20-15)21-8-4-5-12(10-21)11-22/h1-3,6-7,9,12,22H,4-5,8,10-11H2,(H2,18,23). The smallest absolute Gasteiger partial charge is 0.267 e. The minimum Gasteiger partial charge on any atom is -0.396 e. The molecule has 3 rings (SSSR count). The predicted molar refractivity (Wildman–Crippen MR) is 88.0 cm³/mol. The lowest BCUT2D eigenvalue weighted by molar-refractivity contribution is 0.0995. The van der Waals surface area contributed by atoms with Crippen LogP contribution in [-0.2, 0) is 0 Å². The number of aromatic nitrogens is 2. The molecule has 2 aromatic rings. The monoisotopic (exact) mass is 312 g/mol. The summed E-state index contributed by atoms with van der Waals surface area (Å²) in [6.07, 6.45) is 1.96. The van der Waals surface area contributed by atoms with Crippen LogP contribution in [0.2, 0.25) is 0 Å². The average molecular weight is 312 g/mol. The second-order valence-electron chi connectivity index (χ2n) is 5.81. The van der Waals surface area contributed by atoms with Crippen LogP contribution in [0.4, 0.5) is 5.95 Å². The van der Waals surface area contributed by atoms with E-state index in [9.17, 15) is 9.90 Å². The Morgan fingerprint density at radius 3 is 2.78 bits per heavy atom. The Morgan fingerprint density at radius 1 is 1.30 bits per heavy atom. The first-order valence-corrected chi connectivity index (χ1v) is 7.77. The van der Waals surface area contributed by atoms with E-state index >= 15 is 0 Å². The Labute approximate surface area is 135 Å². The van der Waals surface area contributed by atoms with Gasteiger partial charge in [-0.1, -0.05) is 30.3 Å².